The number of hydrogen-bond acceptors (Lipinski definition) is 12. The number of nitrogens with one attached hydrogen (secondary N) is 5. The molecule has 2 saturated heterocycles. The molecule has 1 saturated carbocycles. The number of halogens is 1. The Kier molecular flexibility index (Phi) is 12.1. The maximum Gasteiger partial charge on any atom is 0.264 e. The Balaban J connectivity index is 0.667. The van der Waals surface area contributed by atoms with E-state index in [1.165, 1.54) is 6.07 Å². The number of aromatic nitrogens is 5. The molecule has 4 aliphatic rings. The molecule has 1 aliphatic carbocycles. The Morgan fingerprint density at radius 3 is 2.48 bits per heavy atom. The molecular weight excluding hydrogens is 824 g/mol. The monoisotopic (exact) mass is 872 g/mol. The summed E-state index contributed by atoms with van der Waals surface area (Å²) in [5, 5.41) is 18.5. The van der Waals surface area contributed by atoms with Crippen molar-refractivity contribution in [3.8, 4) is 11.3 Å². The topological polar surface area (TPSA) is 219 Å². The number of unbranched alkanes of at least 4 members (excludes halogenated alkanes) is 3. The summed E-state index contributed by atoms with van der Waals surface area (Å²) in [4.78, 5) is 90.6. The van der Waals surface area contributed by atoms with Crippen LogP contribution < -0.4 is 21.3 Å². The summed E-state index contributed by atoms with van der Waals surface area (Å²) >= 11 is 0. The lowest BCUT2D eigenvalue weighted by atomic mass is 10.0. The van der Waals surface area contributed by atoms with Gasteiger partial charge in [0.2, 0.25) is 17.7 Å². The normalized spacial score (nSPS) is 17.8. The second-order valence-electron chi connectivity index (χ2n) is 16.7. The molecule has 9 rings (SSSR count). The molecule has 332 valence electrons. The van der Waals surface area contributed by atoms with Gasteiger partial charge in [-0.2, -0.15) is 5.10 Å². The minimum atomic E-state index is -1.02. The minimum Gasteiger partial charge on any atom is -0.384 e. The smallest absolute Gasteiger partial charge is 0.264 e. The largest absolute Gasteiger partial charge is 0.384 e. The van der Waals surface area contributed by atoms with Crippen molar-refractivity contribution in [2.75, 3.05) is 56.4 Å². The van der Waals surface area contributed by atoms with Crippen molar-refractivity contribution in [1.29, 1.82) is 0 Å². The highest BCUT2D eigenvalue weighted by Crippen LogP contribution is 2.41. The molecule has 6 amide bonds. The third-order valence-electron chi connectivity index (χ3n) is 12.3. The third kappa shape index (κ3) is 8.92. The molecule has 1 unspecified atom stereocenters. The predicted molar refractivity (Wildman–Crippen MR) is 232 cm³/mol. The predicted octanol–water partition coefficient (Wildman–Crippen LogP) is 4.22. The Hall–Kier alpha value is -7.02. The van der Waals surface area contributed by atoms with Gasteiger partial charge in [-0.25, -0.2) is 14.4 Å². The summed E-state index contributed by atoms with van der Waals surface area (Å²) in [5.74, 6) is -2.20. The second kappa shape index (κ2) is 18.4. The Morgan fingerprint density at radius 1 is 0.891 bits per heavy atom. The van der Waals surface area contributed by atoms with Crippen LogP contribution in [0.1, 0.15) is 100 Å². The van der Waals surface area contributed by atoms with E-state index in [0.717, 1.165) is 60.4 Å². The quantitative estimate of drug-likeness (QED) is 0.0656. The number of rotatable bonds is 17. The first-order chi connectivity index (χ1) is 31.1. The molecule has 0 spiro atoms. The van der Waals surface area contributed by atoms with E-state index in [-0.39, 0.29) is 47.0 Å². The van der Waals surface area contributed by atoms with Gasteiger partial charge in [-0.05, 0) is 62.4 Å². The lowest BCUT2D eigenvalue weighted by Gasteiger charge is -2.34. The zero-order chi connectivity index (χ0) is 44.3. The van der Waals surface area contributed by atoms with Gasteiger partial charge in [0.05, 0.1) is 40.6 Å². The van der Waals surface area contributed by atoms with Crippen LogP contribution in [0.3, 0.4) is 0 Å². The number of nitrogens with zero attached hydrogens (tertiary/aromatic N) is 7. The van der Waals surface area contributed by atoms with E-state index in [2.05, 4.69) is 41.3 Å². The molecule has 18 nitrogen and oxygen atoms in total. The highest BCUT2D eigenvalue weighted by molar-refractivity contribution is 6.25. The lowest BCUT2D eigenvalue weighted by Crippen LogP contribution is -2.54. The fourth-order valence-corrected chi connectivity index (χ4v) is 8.60. The lowest BCUT2D eigenvalue weighted by molar-refractivity contribution is -0.136. The highest BCUT2D eigenvalue weighted by atomic mass is 19.1. The summed E-state index contributed by atoms with van der Waals surface area (Å²) in [6.45, 7) is 3.95. The van der Waals surface area contributed by atoms with Gasteiger partial charge in [0.15, 0.2) is 11.5 Å². The number of imide groups is 2. The Bertz CT molecular complexity index is 2620. The van der Waals surface area contributed by atoms with E-state index < -0.39 is 35.5 Å². The van der Waals surface area contributed by atoms with Gasteiger partial charge in [-0.3, -0.25) is 53.4 Å². The first kappa shape index (κ1) is 42.3. The van der Waals surface area contributed by atoms with Crippen LogP contribution >= 0.6 is 0 Å². The van der Waals surface area contributed by atoms with Crippen LogP contribution in [0, 0.1) is 5.82 Å². The van der Waals surface area contributed by atoms with Gasteiger partial charge < -0.3 is 20.9 Å². The first-order valence-corrected chi connectivity index (χ1v) is 21.9. The Labute approximate surface area is 367 Å². The zero-order valence-electron chi connectivity index (χ0n) is 35.2. The van der Waals surface area contributed by atoms with Crippen molar-refractivity contribution in [3.63, 3.8) is 0 Å². The number of imidazole rings is 1. The van der Waals surface area contributed by atoms with Gasteiger partial charge in [0, 0.05) is 93.8 Å². The van der Waals surface area contributed by atoms with Crippen molar-refractivity contribution in [2.45, 2.75) is 69.7 Å². The van der Waals surface area contributed by atoms with E-state index in [0.29, 0.717) is 75.3 Å². The minimum absolute atomic E-state index is 0.0184. The Morgan fingerprint density at radius 2 is 1.72 bits per heavy atom. The highest BCUT2D eigenvalue weighted by Gasteiger charge is 2.45. The molecule has 5 N–H and O–H groups in total. The molecule has 6 heterocycles. The van der Waals surface area contributed by atoms with Crippen LogP contribution in [-0.4, -0.2) is 127 Å². The molecular formula is C45H49FN12O6. The van der Waals surface area contributed by atoms with Crippen LogP contribution in [0.25, 0.3) is 16.9 Å². The van der Waals surface area contributed by atoms with Crippen LogP contribution in [0.2, 0.25) is 0 Å². The first-order valence-electron chi connectivity index (χ1n) is 21.9. The molecule has 64 heavy (non-hydrogen) atoms. The van der Waals surface area contributed by atoms with E-state index in [1.54, 1.807) is 53.8 Å². The number of aromatic amines is 1. The van der Waals surface area contributed by atoms with Gasteiger partial charge in [-0.1, -0.05) is 18.9 Å². The number of carbonyl (C=O) groups excluding carboxylic acids is 6. The summed E-state index contributed by atoms with van der Waals surface area (Å²) in [6, 6.07) is 8.42. The number of amides is 6. The maximum atomic E-state index is 15.6. The van der Waals surface area contributed by atoms with E-state index >= 15 is 4.39 Å². The van der Waals surface area contributed by atoms with Crippen molar-refractivity contribution < 1.29 is 33.2 Å². The molecule has 2 aromatic carbocycles. The molecule has 5 aromatic rings. The zero-order valence-corrected chi connectivity index (χ0v) is 35.2. The number of benzene rings is 2. The molecule has 3 aliphatic heterocycles. The number of piperazine rings is 1. The average Bonchev–Trinajstić information content (AvgIpc) is 3.72. The molecule has 0 bridgehead atoms. The van der Waals surface area contributed by atoms with Crippen LogP contribution in [0.5, 0.6) is 0 Å². The van der Waals surface area contributed by atoms with Crippen LogP contribution in [0.4, 0.5) is 21.6 Å². The number of piperidine rings is 1. The molecule has 19 heteroatoms. The van der Waals surface area contributed by atoms with Gasteiger partial charge in [-0.15, -0.1) is 0 Å². The van der Waals surface area contributed by atoms with Crippen LogP contribution in [-0.2, 0) is 14.4 Å². The number of hydrogen-bond donors (Lipinski definition) is 5. The van der Waals surface area contributed by atoms with Crippen molar-refractivity contribution in [3.05, 3.63) is 89.4 Å². The van der Waals surface area contributed by atoms with Crippen molar-refractivity contribution in [1.82, 2.24) is 49.9 Å². The van der Waals surface area contributed by atoms with Gasteiger partial charge in [0.1, 0.15) is 11.9 Å². The fourth-order valence-electron chi connectivity index (χ4n) is 8.60. The summed E-state index contributed by atoms with van der Waals surface area (Å²) in [6.07, 6.45) is 13.1. The van der Waals surface area contributed by atoms with Crippen molar-refractivity contribution in [2.24, 2.45) is 0 Å². The maximum absolute atomic E-state index is 15.6. The fraction of sp³-hybridized carbons (Fsp3) is 0.400. The van der Waals surface area contributed by atoms with E-state index in [9.17, 15) is 28.8 Å². The standard InChI is InChI=1S/C45H49FN12O6/c46-31-22-28(11-12-32(31)52-40-41-49-25-36(29-23-50-51-24-29)57(41)26-34(53-40)27-9-10-27)43(62)56-20-18-55(19-21-56)17-16-48-37(59)8-3-1-2-4-15-47-33-7-5-6-30-39(33)45(64)58(44(30)63)35-13-14-38(60)54-42(35)61/h5-7,11-12,22-27,35,47H,1-4,8-10,13-21H2,(H,48,59)(H,50,51)(H,52,53)(H,54,60,61). The number of fused-ring (bicyclic) bond motifs is 2. The number of anilines is 3. The average molecular weight is 873 g/mol. The third-order valence-corrected chi connectivity index (χ3v) is 12.3. The number of H-pyrrole nitrogens is 1. The molecule has 1 atom stereocenters. The van der Waals surface area contributed by atoms with E-state index in [1.807, 2.05) is 10.6 Å². The molecule has 0 radical (unpaired) electrons. The second-order valence-corrected chi connectivity index (χ2v) is 16.7. The van der Waals surface area contributed by atoms with Crippen LogP contribution in [0.15, 0.2) is 61.2 Å². The number of carbonyl (C=O) groups is 6. The van der Waals surface area contributed by atoms with Crippen molar-refractivity contribution >= 4 is 58.3 Å². The van der Waals surface area contributed by atoms with E-state index in [4.69, 9.17) is 4.98 Å². The van der Waals surface area contributed by atoms with Gasteiger partial charge >= 0.3 is 0 Å². The summed E-state index contributed by atoms with van der Waals surface area (Å²) in [7, 11) is 0. The van der Waals surface area contributed by atoms with Gasteiger partial charge in [0.25, 0.3) is 17.7 Å². The summed E-state index contributed by atoms with van der Waals surface area (Å²) < 4.78 is 17.5. The SMILES string of the molecule is O=C(CCCCCCNc1cccc2c1C(=O)N(C1CCC(=O)NC1=O)C2=O)NCCN1CCN(C(=O)c2ccc(Nc3nc(C4CC4)cn4c(-c5cn[nH]c5)cnc34)c(F)c2)CC1. The molecule has 3 fully saturated rings. The summed E-state index contributed by atoms with van der Waals surface area (Å²) in [5.41, 5.74) is 4.62. The molecule has 3 aromatic heterocycles.